The summed E-state index contributed by atoms with van der Waals surface area (Å²) in [7, 11) is 0. The maximum absolute atomic E-state index is 3.96. The van der Waals surface area contributed by atoms with Crippen molar-refractivity contribution in [1.82, 2.24) is 5.32 Å². The molecule has 0 amide bonds. The number of nitrogens with one attached hydrogen (secondary N) is 1. The summed E-state index contributed by atoms with van der Waals surface area (Å²) in [6.07, 6.45) is 4.64. The summed E-state index contributed by atoms with van der Waals surface area (Å²) in [5, 5.41) is 3.50. The summed E-state index contributed by atoms with van der Waals surface area (Å²) in [6.45, 7) is 13.9. The van der Waals surface area contributed by atoms with Gasteiger partial charge in [-0.2, -0.15) is 11.8 Å². The molecule has 0 fully saturated rings. The van der Waals surface area contributed by atoms with Crippen LogP contribution in [0.15, 0.2) is 12.7 Å². The van der Waals surface area contributed by atoms with Crippen LogP contribution in [0, 0.1) is 5.41 Å². The molecule has 0 aliphatic carbocycles. The third-order valence-corrected chi connectivity index (χ3v) is 3.63. The van der Waals surface area contributed by atoms with E-state index in [1.807, 2.05) is 11.8 Å². The molecule has 0 rings (SSSR count). The van der Waals surface area contributed by atoms with E-state index in [1.54, 1.807) is 0 Å². The highest BCUT2D eigenvalue weighted by molar-refractivity contribution is 7.99. The molecular formula is C13H27NS. The molecule has 0 bridgehead atoms. The highest BCUT2D eigenvalue weighted by Crippen LogP contribution is 2.24. The van der Waals surface area contributed by atoms with Gasteiger partial charge in [0.2, 0.25) is 0 Å². The normalized spacial score (nSPS) is 15.3. The Morgan fingerprint density at radius 2 is 2.13 bits per heavy atom. The van der Waals surface area contributed by atoms with E-state index in [9.17, 15) is 0 Å². The molecule has 2 heteroatoms. The summed E-state index contributed by atoms with van der Waals surface area (Å²) in [4.78, 5) is 0. The molecule has 0 heterocycles. The minimum Gasteiger partial charge on any atom is -0.314 e. The van der Waals surface area contributed by atoms with Crippen LogP contribution >= 0.6 is 11.8 Å². The summed E-state index contributed by atoms with van der Waals surface area (Å²) in [5.74, 6) is 2.51. The molecule has 1 atom stereocenters. The van der Waals surface area contributed by atoms with E-state index in [1.165, 1.54) is 24.3 Å². The quantitative estimate of drug-likeness (QED) is 0.478. The molecular weight excluding hydrogens is 202 g/mol. The Morgan fingerprint density at radius 3 is 2.60 bits per heavy atom. The molecule has 0 aromatic carbocycles. The first-order chi connectivity index (χ1) is 7.04. The van der Waals surface area contributed by atoms with Gasteiger partial charge in [-0.15, -0.1) is 6.58 Å². The van der Waals surface area contributed by atoms with Gasteiger partial charge in [0.15, 0.2) is 0 Å². The Hall–Kier alpha value is 0.0500. The molecule has 1 N–H and O–H groups in total. The van der Waals surface area contributed by atoms with E-state index in [0.717, 1.165) is 6.54 Å². The van der Waals surface area contributed by atoms with Crippen LogP contribution in [0.4, 0.5) is 0 Å². The zero-order valence-corrected chi connectivity index (χ0v) is 11.6. The smallest absolute Gasteiger partial charge is 0.00421 e. The lowest BCUT2D eigenvalue weighted by atomic mass is 9.85. The first-order valence-electron chi connectivity index (χ1n) is 5.99. The van der Waals surface area contributed by atoms with E-state index in [-0.39, 0.29) is 5.41 Å². The van der Waals surface area contributed by atoms with Crippen molar-refractivity contribution in [1.29, 1.82) is 0 Å². The fourth-order valence-corrected chi connectivity index (χ4v) is 2.06. The fraction of sp³-hybridized carbons (Fsp3) is 0.846. The molecule has 1 nitrogen and oxygen atoms in total. The maximum atomic E-state index is 3.96. The van der Waals surface area contributed by atoms with Crippen molar-refractivity contribution in [2.24, 2.45) is 5.41 Å². The van der Waals surface area contributed by atoms with Crippen LogP contribution in [0.5, 0.6) is 0 Å². The van der Waals surface area contributed by atoms with Crippen LogP contribution in [0.25, 0.3) is 0 Å². The van der Waals surface area contributed by atoms with Crippen LogP contribution in [0.2, 0.25) is 0 Å². The minimum atomic E-state index is 0.262. The maximum Gasteiger partial charge on any atom is 0.00421 e. The molecule has 0 aliphatic heterocycles. The molecule has 0 aromatic heterocycles. The van der Waals surface area contributed by atoms with Gasteiger partial charge >= 0.3 is 0 Å². The second-order valence-electron chi connectivity index (χ2n) is 4.69. The Labute approximate surface area is 100 Å². The van der Waals surface area contributed by atoms with Gasteiger partial charge < -0.3 is 5.32 Å². The molecule has 0 saturated heterocycles. The molecule has 1 unspecified atom stereocenters. The van der Waals surface area contributed by atoms with E-state index < -0.39 is 0 Å². The zero-order valence-electron chi connectivity index (χ0n) is 10.8. The predicted octanol–water partition coefficient (Wildman–Crippen LogP) is 3.71. The van der Waals surface area contributed by atoms with Crippen molar-refractivity contribution >= 4 is 11.8 Å². The van der Waals surface area contributed by atoms with Gasteiger partial charge in [0.05, 0.1) is 0 Å². The monoisotopic (exact) mass is 229 g/mol. The van der Waals surface area contributed by atoms with Gasteiger partial charge in [-0.25, -0.2) is 0 Å². The number of hydrogen-bond donors (Lipinski definition) is 1. The van der Waals surface area contributed by atoms with Crippen molar-refractivity contribution in [3.8, 4) is 0 Å². The van der Waals surface area contributed by atoms with E-state index >= 15 is 0 Å². The van der Waals surface area contributed by atoms with Crippen molar-refractivity contribution in [2.75, 3.05) is 18.1 Å². The molecule has 0 spiro atoms. The van der Waals surface area contributed by atoms with Gasteiger partial charge in [-0.05, 0) is 29.8 Å². The summed E-state index contributed by atoms with van der Waals surface area (Å²) in [6, 6.07) is 0.564. The Balaban J connectivity index is 3.80. The van der Waals surface area contributed by atoms with Crippen molar-refractivity contribution in [3.05, 3.63) is 12.7 Å². The standard InChI is InChI=1S/C13H27NS/c1-6-13(5,11-14-12(3)4)9-8-10-15-7-2/h6,12,14H,1,7-11H2,2-5H3. The summed E-state index contributed by atoms with van der Waals surface area (Å²) in [5.41, 5.74) is 0.262. The lowest BCUT2D eigenvalue weighted by Crippen LogP contribution is -2.34. The van der Waals surface area contributed by atoms with E-state index in [2.05, 4.69) is 45.7 Å². The molecule has 0 aliphatic rings. The van der Waals surface area contributed by atoms with Crippen LogP contribution < -0.4 is 5.32 Å². The second-order valence-corrected chi connectivity index (χ2v) is 6.09. The largest absolute Gasteiger partial charge is 0.314 e. The highest BCUT2D eigenvalue weighted by atomic mass is 32.2. The number of thioether (sulfide) groups is 1. The average molecular weight is 229 g/mol. The number of rotatable bonds is 9. The molecule has 0 aromatic rings. The summed E-state index contributed by atoms with van der Waals surface area (Å²) < 4.78 is 0. The van der Waals surface area contributed by atoms with Crippen molar-refractivity contribution in [3.63, 3.8) is 0 Å². The van der Waals surface area contributed by atoms with Gasteiger partial charge in [-0.3, -0.25) is 0 Å². The first kappa shape index (κ1) is 15.0. The first-order valence-corrected chi connectivity index (χ1v) is 7.14. The lowest BCUT2D eigenvalue weighted by Gasteiger charge is -2.27. The van der Waals surface area contributed by atoms with E-state index in [0.29, 0.717) is 6.04 Å². The van der Waals surface area contributed by atoms with Crippen LogP contribution in [0.1, 0.15) is 40.5 Å². The average Bonchev–Trinajstić information content (AvgIpc) is 2.22. The highest BCUT2D eigenvalue weighted by Gasteiger charge is 2.19. The van der Waals surface area contributed by atoms with Crippen LogP contribution in [-0.4, -0.2) is 24.1 Å². The van der Waals surface area contributed by atoms with E-state index in [4.69, 9.17) is 0 Å². The summed E-state index contributed by atoms with van der Waals surface area (Å²) >= 11 is 2.03. The van der Waals surface area contributed by atoms with Gasteiger partial charge in [0.25, 0.3) is 0 Å². The predicted molar refractivity (Wildman–Crippen MR) is 73.7 cm³/mol. The third kappa shape index (κ3) is 7.92. The molecule has 0 saturated carbocycles. The molecule has 90 valence electrons. The third-order valence-electron chi connectivity index (χ3n) is 2.65. The topological polar surface area (TPSA) is 12.0 Å². The van der Waals surface area contributed by atoms with Crippen molar-refractivity contribution < 1.29 is 0 Å². The zero-order chi connectivity index (χ0) is 11.7. The van der Waals surface area contributed by atoms with Crippen LogP contribution in [0.3, 0.4) is 0 Å². The number of hydrogen-bond acceptors (Lipinski definition) is 2. The fourth-order valence-electron chi connectivity index (χ4n) is 1.42. The van der Waals surface area contributed by atoms with Gasteiger partial charge in [0.1, 0.15) is 0 Å². The van der Waals surface area contributed by atoms with Gasteiger partial charge in [0, 0.05) is 12.6 Å². The Bertz CT molecular complexity index is 168. The minimum absolute atomic E-state index is 0.262. The lowest BCUT2D eigenvalue weighted by molar-refractivity contribution is 0.348. The molecule has 0 radical (unpaired) electrons. The van der Waals surface area contributed by atoms with Gasteiger partial charge in [-0.1, -0.05) is 33.8 Å². The molecule has 15 heavy (non-hydrogen) atoms. The van der Waals surface area contributed by atoms with Crippen molar-refractivity contribution in [2.45, 2.75) is 46.6 Å². The Kier molecular flexibility index (Phi) is 8.26. The Morgan fingerprint density at radius 1 is 1.47 bits per heavy atom. The second kappa shape index (κ2) is 8.23. The SMILES string of the molecule is C=CC(C)(CCCSCC)CNC(C)C. The van der Waals surface area contributed by atoms with Crippen LogP contribution in [-0.2, 0) is 0 Å².